The van der Waals surface area contributed by atoms with Crippen LogP contribution in [0.15, 0.2) is 60.8 Å². The second-order valence-electron chi connectivity index (χ2n) is 8.46. The number of anilines is 1. The molecule has 1 aliphatic rings. The van der Waals surface area contributed by atoms with E-state index in [0.717, 1.165) is 11.3 Å². The van der Waals surface area contributed by atoms with Gasteiger partial charge < -0.3 is 25.0 Å². The van der Waals surface area contributed by atoms with Crippen molar-refractivity contribution < 1.29 is 24.4 Å². The third-order valence-electron chi connectivity index (χ3n) is 6.13. The summed E-state index contributed by atoms with van der Waals surface area (Å²) in [6.45, 7) is 2.25. The molecule has 35 heavy (non-hydrogen) atoms. The number of benzene rings is 2. The highest BCUT2D eigenvalue weighted by molar-refractivity contribution is 6.33. The fourth-order valence-corrected chi connectivity index (χ4v) is 4.66. The maximum Gasteiger partial charge on any atom is 0.123 e. The summed E-state index contributed by atoms with van der Waals surface area (Å²) in [6, 6.07) is 15.2. The van der Waals surface area contributed by atoms with Crippen LogP contribution >= 0.6 is 11.6 Å². The molecule has 2 aromatic carbocycles. The Bertz CT molecular complexity index is 1120. The predicted molar refractivity (Wildman–Crippen MR) is 132 cm³/mol. The number of β-amino-alcohol motifs (C(OH)–C–C–N with tert-alkyl or cyclic N) is 1. The van der Waals surface area contributed by atoms with Gasteiger partial charge in [-0.2, -0.15) is 0 Å². The van der Waals surface area contributed by atoms with Crippen molar-refractivity contribution >= 4 is 17.3 Å². The molecule has 3 N–H and O–H groups in total. The summed E-state index contributed by atoms with van der Waals surface area (Å²) in [5, 5.41) is 29.7. The van der Waals surface area contributed by atoms with Crippen LogP contribution in [-0.2, 0) is 6.61 Å². The van der Waals surface area contributed by atoms with Gasteiger partial charge in [0.15, 0.2) is 0 Å². The van der Waals surface area contributed by atoms with Gasteiger partial charge >= 0.3 is 0 Å². The Morgan fingerprint density at radius 1 is 1.09 bits per heavy atom. The molecular formula is C26H29ClFN3O4. The van der Waals surface area contributed by atoms with Crippen molar-refractivity contribution in [3.8, 4) is 5.75 Å². The standard InChI is InChI=1S/C26H29ClFN3O4/c27-23-14-22(35-12-11-32)5-6-24(23)31-10-9-30(15-25(31)18-1-3-20(28)4-2-18)16-26(34)19-7-8-29-21(13-19)17-33/h1-8,13-14,25-26,32-34H,9-12,15-17H2/t25-,26?/m0/s1. The Morgan fingerprint density at radius 2 is 1.89 bits per heavy atom. The number of nitrogens with zero attached hydrogens (tertiary/aromatic N) is 3. The van der Waals surface area contributed by atoms with Crippen LogP contribution in [-0.4, -0.2) is 64.6 Å². The molecule has 0 radical (unpaired) electrons. The zero-order valence-corrected chi connectivity index (χ0v) is 20.0. The number of ether oxygens (including phenoxy) is 1. The molecule has 0 saturated carbocycles. The molecule has 0 aliphatic carbocycles. The number of aliphatic hydroxyl groups is 3. The molecule has 2 atom stereocenters. The van der Waals surface area contributed by atoms with Crippen LogP contribution in [0.3, 0.4) is 0 Å². The molecule has 186 valence electrons. The van der Waals surface area contributed by atoms with Crippen molar-refractivity contribution in [3.05, 3.63) is 88.5 Å². The number of hydrogen-bond acceptors (Lipinski definition) is 7. The third kappa shape index (κ3) is 6.28. The van der Waals surface area contributed by atoms with Gasteiger partial charge in [-0.3, -0.25) is 9.88 Å². The smallest absolute Gasteiger partial charge is 0.123 e. The number of aliphatic hydroxyl groups excluding tert-OH is 3. The van der Waals surface area contributed by atoms with E-state index in [1.54, 1.807) is 36.5 Å². The van der Waals surface area contributed by atoms with Crippen molar-refractivity contribution in [3.63, 3.8) is 0 Å². The van der Waals surface area contributed by atoms with Crippen LogP contribution in [0.2, 0.25) is 5.02 Å². The molecule has 0 amide bonds. The van der Waals surface area contributed by atoms with Crippen LogP contribution in [0.1, 0.15) is 29.0 Å². The normalized spacial score (nSPS) is 17.4. The molecule has 1 fully saturated rings. The first kappa shape index (κ1) is 25.3. The van der Waals surface area contributed by atoms with Crippen LogP contribution in [0.5, 0.6) is 5.75 Å². The number of hydrogen-bond donors (Lipinski definition) is 3. The quantitative estimate of drug-likeness (QED) is 0.414. The van der Waals surface area contributed by atoms with Gasteiger partial charge in [0.2, 0.25) is 0 Å². The molecule has 1 unspecified atom stereocenters. The average molecular weight is 502 g/mol. The van der Waals surface area contributed by atoms with Gasteiger partial charge in [0.25, 0.3) is 0 Å². The second-order valence-corrected chi connectivity index (χ2v) is 8.87. The van der Waals surface area contributed by atoms with Gasteiger partial charge in [0.1, 0.15) is 18.2 Å². The number of aromatic nitrogens is 1. The molecule has 7 nitrogen and oxygen atoms in total. The van der Waals surface area contributed by atoms with Crippen molar-refractivity contribution in [2.45, 2.75) is 18.8 Å². The highest BCUT2D eigenvalue weighted by atomic mass is 35.5. The minimum absolute atomic E-state index is 0.0827. The number of halogens is 2. The Kier molecular flexibility index (Phi) is 8.54. The Labute approximate surface area is 209 Å². The van der Waals surface area contributed by atoms with E-state index in [0.29, 0.717) is 48.2 Å². The van der Waals surface area contributed by atoms with Crippen LogP contribution in [0.4, 0.5) is 10.1 Å². The van der Waals surface area contributed by atoms with Crippen LogP contribution in [0, 0.1) is 5.82 Å². The minimum atomic E-state index is -0.740. The predicted octanol–water partition coefficient (Wildman–Crippen LogP) is 3.33. The first-order valence-electron chi connectivity index (χ1n) is 11.5. The van der Waals surface area contributed by atoms with Gasteiger partial charge in [0.05, 0.1) is 41.8 Å². The number of pyridine rings is 1. The zero-order valence-electron chi connectivity index (χ0n) is 19.2. The fourth-order valence-electron chi connectivity index (χ4n) is 4.38. The maximum absolute atomic E-state index is 13.6. The summed E-state index contributed by atoms with van der Waals surface area (Å²) in [4.78, 5) is 8.43. The van der Waals surface area contributed by atoms with Crippen LogP contribution < -0.4 is 9.64 Å². The van der Waals surface area contributed by atoms with Gasteiger partial charge in [-0.05, 0) is 47.5 Å². The Hall–Kier alpha value is -2.75. The van der Waals surface area contributed by atoms with E-state index in [4.69, 9.17) is 21.4 Å². The molecule has 1 aliphatic heterocycles. The number of rotatable bonds is 9. The van der Waals surface area contributed by atoms with E-state index in [1.807, 2.05) is 12.1 Å². The topological polar surface area (TPSA) is 89.3 Å². The molecule has 3 aromatic rings. The molecule has 2 heterocycles. The van der Waals surface area contributed by atoms with Crippen molar-refractivity contribution in [2.24, 2.45) is 0 Å². The first-order chi connectivity index (χ1) is 17.0. The van der Waals surface area contributed by atoms with E-state index >= 15 is 0 Å². The van der Waals surface area contributed by atoms with Crippen molar-refractivity contribution in [1.82, 2.24) is 9.88 Å². The van der Waals surface area contributed by atoms with Crippen molar-refractivity contribution in [2.75, 3.05) is 44.3 Å². The largest absolute Gasteiger partial charge is 0.491 e. The maximum atomic E-state index is 13.6. The molecule has 0 bridgehead atoms. The lowest BCUT2D eigenvalue weighted by atomic mass is 10.00. The van der Waals surface area contributed by atoms with E-state index in [9.17, 15) is 14.6 Å². The van der Waals surface area contributed by atoms with E-state index in [2.05, 4.69) is 14.8 Å². The summed E-state index contributed by atoms with van der Waals surface area (Å²) < 4.78 is 19.1. The first-order valence-corrected chi connectivity index (χ1v) is 11.9. The summed E-state index contributed by atoms with van der Waals surface area (Å²) >= 11 is 6.62. The number of piperazine rings is 1. The van der Waals surface area contributed by atoms with E-state index in [-0.39, 0.29) is 31.7 Å². The SMILES string of the molecule is OCCOc1ccc(N2CCN(CC(O)c3ccnc(CO)c3)C[C@H]2c2ccc(F)cc2)c(Cl)c1. The van der Waals surface area contributed by atoms with E-state index in [1.165, 1.54) is 12.1 Å². The second kappa shape index (κ2) is 11.8. The Balaban J connectivity index is 1.55. The van der Waals surface area contributed by atoms with E-state index < -0.39 is 6.10 Å². The average Bonchev–Trinajstić information content (AvgIpc) is 2.88. The molecule has 9 heteroatoms. The monoisotopic (exact) mass is 501 g/mol. The Morgan fingerprint density at radius 3 is 2.60 bits per heavy atom. The lowest BCUT2D eigenvalue weighted by molar-refractivity contribution is 0.100. The highest BCUT2D eigenvalue weighted by Gasteiger charge is 2.31. The molecule has 4 rings (SSSR count). The summed E-state index contributed by atoms with van der Waals surface area (Å²) in [6.07, 6.45) is 0.842. The molecule has 1 saturated heterocycles. The fraction of sp³-hybridized carbons (Fsp3) is 0.346. The van der Waals surface area contributed by atoms with Gasteiger partial charge in [-0.25, -0.2) is 4.39 Å². The minimum Gasteiger partial charge on any atom is -0.491 e. The van der Waals surface area contributed by atoms with Gasteiger partial charge in [-0.1, -0.05) is 23.7 Å². The molecule has 1 aromatic heterocycles. The third-order valence-corrected chi connectivity index (χ3v) is 6.43. The molecular weight excluding hydrogens is 473 g/mol. The lowest BCUT2D eigenvalue weighted by Gasteiger charge is -2.44. The van der Waals surface area contributed by atoms with Crippen LogP contribution in [0.25, 0.3) is 0 Å². The zero-order chi connectivity index (χ0) is 24.8. The van der Waals surface area contributed by atoms with Gasteiger partial charge in [-0.15, -0.1) is 0 Å². The lowest BCUT2D eigenvalue weighted by Crippen LogP contribution is -2.49. The summed E-state index contributed by atoms with van der Waals surface area (Å²) in [7, 11) is 0. The highest BCUT2D eigenvalue weighted by Crippen LogP contribution is 2.37. The van der Waals surface area contributed by atoms with Gasteiger partial charge in [0, 0.05) is 38.4 Å². The summed E-state index contributed by atoms with van der Waals surface area (Å²) in [5.74, 6) is 0.275. The summed E-state index contributed by atoms with van der Waals surface area (Å²) in [5.41, 5.74) is 2.98. The molecule has 0 spiro atoms. The van der Waals surface area contributed by atoms with Crippen molar-refractivity contribution in [1.29, 1.82) is 0 Å².